The van der Waals surface area contributed by atoms with E-state index in [2.05, 4.69) is 10.2 Å². The van der Waals surface area contributed by atoms with Crippen molar-refractivity contribution < 1.29 is 5.11 Å². The number of aromatic amines is 1. The van der Waals surface area contributed by atoms with Crippen molar-refractivity contribution in [1.82, 2.24) is 10.2 Å². The van der Waals surface area contributed by atoms with Crippen molar-refractivity contribution in [3.8, 4) is 0 Å². The Hall–Kier alpha value is -1.06. The van der Waals surface area contributed by atoms with E-state index in [4.69, 9.17) is 11.6 Å². The quantitative estimate of drug-likeness (QED) is 0.889. The van der Waals surface area contributed by atoms with Crippen LogP contribution in [0.3, 0.4) is 0 Å². The van der Waals surface area contributed by atoms with Crippen molar-refractivity contribution in [3.63, 3.8) is 0 Å². The highest BCUT2D eigenvalue weighted by Crippen LogP contribution is 2.61. The number of nitrogens with zero attached hydrogens (tertiary/aromatic N) is 1. The van der Waals surface area contributed by atoms with E-state index in [-0.39, 0.29) is 5.41 Å². The summed E-state index contributed by atoms with van der Waals surface area (Å²) in [5, 5.41) is 19.8. The second-order valence-electron chi connectivity index (χ2n) is 6.45. The second kappa shape index (κ2) is 4.47. The molecular weight excluding hydrogens is 272 g/mol. The van der Waals surface area contributed by atoms with Gasteiger partial charge in [-0.15, -0.1) is 0 Å². The number of H-pyrrole nitrogens is 1. The Morgan fingerprint density at radius 2 is 2.10 bits per heavy atom. The van der Waals surface area contributed by atoms with Gasteiger partial charge in [0.1, 0.15) is 0 Å². The molecule has 2 fully saturated rings. The van der Waals surface area contributed by atoms with Crippen molar-refractivity contribution in [2.75, 3.05) is 0 Å². The summed E-state index contributed by atoms with van der Waals surface area (Å²) in [7, 11) is 0. The third kappa shape index (κ3) is 1.66. The Morgan fingerprint density at radius 3 is 2.70 bits per heavy atom. The van der Waals surface area contributed by atoms with E-state index in [0.29, 0.717) is 10.9 Å². The Bertz CT molecular complexity index is 643. The summed E-state index contributed by atoms with van der Waals surface area (Å²) in [6.45, 7) is 0. The summed E-state index contributed by atoms with van der Waals surface area (Å²) in [5.74, 6) is 0.684. The normalized spacial score (nSPS) is 23.3. The lowest BCUT2D eigenvalue weighted by Crippen LogP contribution is -2.45. The average molecular weight is 291 g/mol. The topological polar surface area (TPSA) is 48.9 Å². The number of hydrogen-bond donors (Lipinski definition) is 2. The zero-order valence-corrected chi connectivity index (χ0v) is 12.2. The van der Waals surface area contributed by atoms with Crippen LogP contribution in [0.25, 0.3) is 10.9 Å². The molecule has 1 unspecified atom stereocenters. The fraction of sp³-hybridized carbons (Fsp3) is 0.562. The zero-order chi connectivity index (χ0) is 13.7. The lowest BCUT2D eigenvalue weighted by Gasteiger charge is -2.54. The summed E-state index contributed by atoms with van der Waals surface area (Å²) in [6.07, 6.45) is 8.71. The predicted molar refractivity (Wildman–Crippen MR) is 79.7 cm³/mol. The minimum absolute atomic E-state index is 0.0843. The van der Waals surface area contributed by atoms with Gasteiger partial charge in [0.2, 0.25) is 0 Å². The third-order valence-corrected chi connectivity index (χ3v) is 5.80. The molecule has 1 atom stereocenters. The number of hydrogen-bond acceptors (Lipinski definition) is 2. The number of aromatic nitrogens is 2. The SMILES string of the molecule is OC(c1cc(Cl)cc2cn[nH]c12)C1(C2CCC2)CCC1. The molecule has 0 bridgehead atoms. The van der Waals surface area contributed by atoms with Gasteiger partial charge in [0.25, 0.3) is 0 Å². The van der Waals surface area contributed by atoms with Gasteiger partial charge >= 0.3 is 0 Å². The summed E-state index contributed by atoms with van der Waals surface area (Å²) >= 11 is 6.21. The Labute approximate surface area is 123 Å². The van der Waals surface area contributed by atoms with E-state index in [1.165, 1.54) is 25.7 Å². The standard InChI is InChI=1S/C16H19ClN2O/c17-12-7-10-9-18-19-14(10)13(8-12)15(20)16(5-2-6-16)11-3-1-4-11/h7-9,11,15,20H,1-6H2,(H,18,19). The summed E-state index contributed by atoms with van der Waals surface area (Å²) in [5.41, 5.74) is 1.95. The minimum Gasteiger partial charge on any atom is -0.388 e. The van der Waals surface area contributed by atoms with Crippen LogP contribution in [0.4, 0.5) is 0 Å². The molecule has 1 aromatic heterocycles. The van der Waals surface area contributed by atoms with Crippen LogP contribution >= 0.6 is 11.6 Å². The third-order valence-electron chi connectivity index (χ3n) is 5.59. The smallest absolute Gasteiger partial charge is 0.0870 e. The van der Waals surface area contributed by atoms with E-state index in [9.17, 15) is 5.11 Å². The lowest BCUT2D eigenvalue weighted by molar-refractivity contribution is -0.105. The van der Waals surface area contributed by atoms with Gasteiger partial charge in [-0.2, -0.15) is 5.10 Å². The summed E-state index contributed by atoms with van der Waals surface area (Å²) in [4.78, 5) is 0. The molecule has 1 heterocycles. The first-order valence-electron chi connectivity index (χ1n) is 7.51. The molecule has 2 saturated carbocycles. The molecule has 4 heteroatoms. The molecule has 20 heavy (non-hydrogen) atoms. The van der Waals surface area contributed by atoms with Crippen molar-refractivity contribution >= 4 is 22.5 Å². The maximum atomic E-state index is 11.1. The van der Waals surface area contributed by atoms with Gasteiger partial charge in [-0.05, 0) is 43.7 Å². The summed E-state index contributed by atoms with van der Waals surface area (Å²) in [6, 6.07) is 3.80. The van der Waals surface area contributed by atoms with Crippen LogP contribution in [-0.4, -0.2) is 15.3 Å². The second-order valence-corrected chi connectivity index (χ2v) is 6.88. The number of fused-ring (bicyclic) bond motifs is 1. The van der Waals surface area contributed by atoms with E-state index >= 15 is 0 Å². The van der Waals surface area contributed by atoms with Gasteiger partial charge in [-0.3, -0.25) is 5.10 Å². The van der Waals surface area contributed by atoms with Gasteiger partial charge in [0, 0.05) is 21.4 Å². The van der Waals surface area contributed by atoms with Gasteiger partial charge in [0.15, 0.2) is 0 Å². The molecule has 0 spiro atoms. The van der Waals surface area contributed by atoms with E-state index in [1.807, 2.05) is 12.1 Å². The van der Waals surface area contributed by atoms with Crippen LogP contribution in [0.15, 0.2) is 18.3 Å². The average Bonchev–Trinajstić information content (AvgIpc) is 2.77. The van der Waals surface area contributed by atoms with Gasteiger partial charge in [-0.1, -0.05) is 24.4 Å². The number of rotatable bonds is 3. The summed E-state index contributed by atoms with van der Waals surface area (Å²) < 4.78 is 0. The highest BCUT2D eigenvalue weighted by Gasteiger charge is 2.51. The molecule has 2 aliphatic rings. The zero-order valence-electron chi connectivity index (χ0n) is 11.4. The maximum Gasteiger partial charge on any atom is 0.0870 e. The first-order valence-corrected chi connectivity index (χ1v) is 7.89. The molecule has 106 valence electrons. The maximum absolute atomic E-state index is 11.1. The molecule has 0 saturated heterocycles. The molecule has 2 N–H and O–H groups in total. The minimum atomic E-state index is -0.428. The Balaban J connectivity index is 1.79. The van der Waals surface area contributed by atoms with Crippen molar-refractivity contribution in [2.45, 2.75) is 44.6 Å². The van der Waals surface area contributed by atoms with Gasteiger partial charge in [-0.25, -0.2) is 0 Å². The molecule has 3 nitrogen and oxygen atoms in total. The largest absolute Gasteiger partial charge is 0.388 e. The van der Waals surface area contributed by atoms with E-state index in [0.717, 1.165) is 29.3 Å². The predicted octanol–water partition coefficient (Wildman–Crippen LogP) is 4.22. The van der Waals surface area contributed by atoms with Crippen LogP contribution < -0.4 is 0 Å². The fourth-order valence-electron chi connectivity index (χ4n) is 4.05. The van der Waals surface area contributed by atoms with Crippen LogP contribution in [0.1, 0.15) is 50.2 Å². The Morgan fingerprint density at radius 1 is 1.30 bits per heavy atom. The number of aliphatic hydroxyl groups is 1. The Kier molecular flexibility index (Phi) is 2.83. The van der Waals surface area contributed by atoms with E-state index in [1.54, 1.807) is 6.20 Å². The van der Waals surface area contributed by atoms with Crippen molar-refractivity contribution in [2.24, 2.45) is 11.3 Å². The highest BCUT2D eigenvalue weighted by molar-refractivity contribution is 6.31. The van der Waals surface area contributed by atoms with Crippen LogP contribution in [0.2, 0.25) is 5.02 Å². The number of nitrogens with one attached hydrogen (secondary N) is 1. The van der Waals surface area contributed by atoms with Crippen LogP contribution in [-0.2, 0) is 0 Å². The lowest BCUT2D eigenvalue weighted by atomic mass is 9.52. The van der Waals surface area contributed by atoms with Crippen molar-refractivity contribution in [3.05, 3.63) is 28.9 Å². The van der Waals surface area contributed by atoms with Crippen LogP contribution in [0.5, 0.6) is 0 Å². The molecule has 2 aliphatic carbocycles. The molecule has 0 aliphatic heterocycles. The number of benzene rings is 1. The van der Waals surface area contributed by atoms with Crippen LogP contribution in [0, 0.1) is 11.3 Å². The van der Waals surface area contributed by atoms with Gasteiger partial charge in [0.05, 0.1) is 17.8 Å². The first-order chi connectivity index (χ1) is 9.71. The molecule has 0 amide bonds. The highest BCUT2D eigenvalue weighted by atomic mass is 35.5. The molecule has 1 aromatic carbocycles. The molecule has 4 rings (SSSR count). The molecule has 2 aromatic rings. The number of halogens is 1. The molecule has 0 radical (unpaired) electrons. The van der Waals surface area contributed by atoms with Crippen molar-refractivity contribution in [1.29, 1.82) is 0 Å². The van der Waals surface area contributed by atoms with E-state index < -0.39 is 6.10 Å². The fourth-order valence-corrected chi connectivity index (χ4v) is 4.28. The number of aliphatic hydroxyl groups excluding tert-OH is 1. The monoisotopic (exact) mass is 290 g/mol. The molecular formula is C16H19ClN2O. The van der Waals surface area contributed by atoms with Gasteiger partial charge < -0.3 is 5.11 Å². The first kappa shape index (κ1) is 12.7.